The van der Waals surface area contributed by atoms with Crippen LogP contribution in [0.15, 0.2) is 48.5 Å². The number of halogens is 2. The predicted molar refractivity (Wildman–Crippen MR) is 155 cm³/mol. The van der Waals surface area contributed by atoms with Gasteiger partial charge in [-0.05, 0) is 94.1 Å². The first-order chi connectivity index (χ1) is 18.9. The number of methoxy groups -OCH3 is 1. The van der Waals surface area contributed by atoms with E-state index in [0.29, 0.717) is 47.1 Å². The predicted octanol–water partition coefficient (Wildman–Crippen LogP) is 5.74. The minimum absolute atomic E-state index is 0.0203. The van der Waals surface area contributed by atoms with Gasteiger partial charge in [0.25, 0.3) is 0 Å². The largest absolute Gasteiger partial charge is 0.493 e. The van der Waals surface area contributed by atoms with Crippen molar-refractivity contribution in [2.24, 2.45) is 5.73 Å². The minimum atomic E-state index is -1.44. The highest BCUT2D eigenvalue weighted by molar-refractivity contribution is 6.31. The molecule has 1 saturated carbocycles. The van der Waals surface area contributed by atoms with E-state index in [1.54, 1.807) is 38.3 Å². The summed E-state index contributed by atoms with van der Waals surface area (Å²) < 4.78 is 25.2. The van der Waals surface area contributed by atoms with Gasteiger partial charge in [-0.3, -0.25) is 4.79 Å². The van der Waals surface area contributed by atoms with Crippen molar-refractivity contribution in [3.63, 3.8) is 0 Å². The van der Waals surface area contributed by atoms with Gasteiger partial charge in [0.1, 0.15) is 11.4 Å². The van der Waals surface area contributed by atoms with E-state index in [4.69, 9.17) is 31.8 Å². The molecule has 3 aromatic rings. The van der Waals surface area contributed by atoms with Crippen LogP contribution < -0.4 is 20.5 Å². The SMILES string of the molecule is COc1cc(C(=O)CCC(C)(O)c2cc(C(C)(C)NCCN)cc(-c3ccc(F)c(Cl)c3)n2)ccc1OC1CC1. The number of nitrogens with two attached hydrogens (primary N) is 1. The zero-order valence-corrected chi connectivity index (χ0v) is 24.1. The van der Waals surface area contributed by atoms with Gasteiger partial charge < -0.3 is 25.6 Å². The summed E-state index contributed by atoms with van der Waals surface area (Å²) in [5.41, 5.74) is 6.63. The smallest absolute Gasteiger partial charge is 0.163 e. The second-order valence-electron chi connectivity index (χ2n) is 11.0. The number of ether oxygens (including phenoxy) is 2. The van der Waals surface area contributed by atoms with Crippen LogP contribution in [0.5, 0.6) is 11.5 Å². The van der Waals surface area contributed by atoms with Crippen molar-refractivity contribution < 1.29 is 23.8 Å². The number of Topliss-reactive ketones (excluding diaryl/α,β-unsaturated/α-hetero) is 1. The van der Waals surface area contributed by atoms with E-state index in [1.807, 2.05) is 26.0 Å². The van der Waals surface area contributed by atoms with Crippen LogP contribution in [0.4, 0.5) is 4.39 Å². The van der Waals surface area contributed by atoms with Gasteiger partial charge in [0.2, 0.25) is 0 Å². The Morgan fingerprint density at radius 3 is 2.55 bits per heavy atom. The molecular weight excluding hydrogens is 533 g/mol. The molecule has 214 valence electrons. The summed E-state index contributed by atoms with van der Waals surface area (Å²) >= 11 is 6.06. The fraction of sp³-hybridized carbons (Fsp3) is 0.419. The quantitative estimate of drug-likeness (QED) is 0.225. The zero-order valence-electron chi connectivity index (χ0n) is 23.4. The second kappa shape index (κ2) is 12.2. The molecule has 0 amide bonds. The van der Waals surface area contributed by atoms with E-state index in [-0.39, 0.29) is 29.8 Å². The third kappa shape index (κ3) is 7.18. The maximum atomic E-state index is 13.9. The first-order valence-corrected chi connectivity index (χ1v) is 13.8. The van der Waals surface area contributed by atoms with Crippen LogP contribution in [0.3, 0.4) is 0 Å². The van der Waals surface area contributed by atoms with Gasteiger partial charge in [0.15, 0.2) is 17.3 Å². The van der Waals surface area contributed by atoms with Gasteiger partial charge in [0, 0.05) is 36.2 Å². The van der Waals surface area contributed by atoms with Gasteiger partial charge in [-0.2, -0.15) is 0 Å². The van der Waals surface area contributed by atoms with Crippen LogP contribution in [0.25, 0.3) is 11.3 Å². The Labute approximate surface area is 239 Å². The van der Waals surface area contributed by atoms with E-state index in [0.717, 1.165) is 18.4 Å². The third-order valence-electron chi connectivity index (χ3n) is 7.17. The maximum absolute atomic E-state index is 13.9. The van der Waals surface area contributed by atoms with Crippen LogP contribution in [0.2, 0.25) is 5.02 Å². The highest BCUT2D eigenvalue weighted by Crippen LogP contribution is 2.36. The summed E-state index contributed by atoms with van der Waals surface area (Å²) in [7, 11) is 1.54. The molecule has 0 bridgehead atoms. The molecule has 1 fully saturated rings. The molecule has 0 radical (unpaired) electrons. The summed E-state index contributed by atoms with van der Waals surface area (Å²) in [4.78, 5) is 17.9. The van der Waals surface area contributed by atoms with Crippen molar-refractivity contribution in [1.82, 2.24) is 10.3 Å². The van der Waals surface area contributed by atoms with Gasteiger partial charge in [-0.1, -0.05) is 11.6 Å². The number of pyridine rings is 1. The lowest BCUT2D eigenvalue weighted by Gasteiger charge is -2.30. The number of nitrogens with zero attached hydrogens (tertiary/aromatic N) is 1. The number of rotatable bonds is 13. The van der Waals surface area contributed by atoms with Crippen molar-refractivity contribution >= 4 is 17.4 Å². The number of aliphatic hydroxyl groups is 1. The summed E-state index contributed by atoms with van der Waals surface area (Å²) in [6.45, 7) is 6.69. The molecular formula is C31H37ClFN3O4. The Kier molecular flexibility index (Phi) is 9.15. The lowest BCUT2D eigenvalue weighted by molar-refractivity contribution is 0.0396. The van der Waals surface area contributed by atoms with E-state index >= 15 is 0 Å². The van der Waals surface area contributed by atoms with E-state index in [1.165, 1.54) is 12.1 Å². The monoisotopic (exact) mass is 569 g/mol. The lowest BCUT2D eigenvalue weighted by Crippen LogP contribution is -2.40. The number of hydrogen-bond acceptors (Lipinski definition) is 7. The summed E-state index contributed by atoms with van der Waals surface area (Å²) in [5.74, 6) is 0.465. The third-order valence-corrected chi connectivity index (χ3v) is 7.46. The molecule has 1 aromatic heterocycles. The van der Waals surface area contributed by atoms with Crippen molar-refractivity contribution in [2.45, 2.75) is 63.7 Å². The molecule has 1 aliphatic rings. The normalized spacial score (nSPS) is 15.0. The number of ketones is 1. The number of hydrogen-bond donors (Lipinski definition) is 3. The standard InChI is InChI=1S/C31H37ClFN3O4/c1-30(2,35-14-13-34)21-17-25(19-5-9-24(33)23(32)15-19)36-29(18-21)31(3,38)12-11-26(37)20-6-10-27(28(16-20)39-4)40-22-7-8-22/h5-6,9-10,15-18,22,35,38H,7-8,11-14,34H2,1-4H3. The molecule has 0 saturated heterocycles. The fourth-order valence-electron chi connectivity index (χ4n) is 4.39. The molecule has 1 unspecified atom stereocenters. The molecule has 4 N–H and O–H groups in total. The number of benzene rings is 2. The molecule has 4 rings (SSSR count). The average Bonchev–Trinajstić information content (AvgIpc) is 3.76. The van der Waals surface area contributed by atoms with E-state index < -0.39 is 17.0 Å². The number of carbonyl (C=O) groups is 1. The van der Waals surface area contributed by atoms with E-state index in [2.05, 4.69) is 5.32 Å². The highest BCUT2D eigenvalue weighted by atomic mass is 35.5. The first kappa shape index (κ1) is 29.9. The molecule has 1 aliphatic carbocycles. The van der Waals surface area contributed by atoms with Crippen LogP contribution >= 0.6 is 11.6 Å². The average molecular weight is 570 g/mol. The Balaban J connectivity index is 1.60. The molecule has 9 heteroatoms. The van der Waals surface area contributed by atoms with Gasteiger partial charge >= 0.3 is 0 Å². The Bertz CT molecular complexity index is 1370. The molecule has 40 heavy (non-hydrogen) atoms. The Hall–Kier alpha value is -3.04. The highest BCUT2D eigenvalue weighted by Gasteiger charge is 2.30. The van der Waals surface area contributed by atoms with Gasteiger partial charge in [0.05, 0.1) is 29.6 Å². The number of aromatic nitrogens is 1. The van der Waals surface area contributed by atoms with Crippen LogP contribution in [0.1, 0.15) is 68.1 Å². The van der Waals surface area contributed by atoms with Crippen molar-refractivity contribution in [1.29, 1.82) is 0 Å². The van der Waals surface area contributed by atoms with Crippen LogP contribution in [0, 0.1) is 5.82 Å². The molecule has 0 spiro atoms. The molecule has 7 nitrogen and oxygen atoms in total. The fourth-order valence-corrected chi connectivity index (χ4v) is 4.57. The van der Waals surface area contributed by atoms with Crippen LogP contribution in [-0.4, -0.2) is 42.2 Å². The first-order valence-electron chi connectivity index (χ1n) is 13.5. The Morgan fingerprint density at radius 1 is 1.15 bits per heavy atom. The lowest BCUT2D eigenvalue weighted by atomic mass is 9.87. The Morgan fingerprint density at radius 2 is 1.90 bits per heavy atom. The van der Waals surface area contributed by atoms with Crippen LogP contribution in [-0.2, 0) is 11.1 Å². The molecule has 1 atom stereocenters. The topological polar surface area (TPSA) is 107 Å². The van der Waals surface area contributed by atoms with E-state index in [9.17, 15) is 14.3 Å². The van der Waals surface area contributed by atoms with Crippen molar-refractivity contribution in [2.75, 3.05) is 20.2 Å². The molecule has 0 aliphatic heterocycles. The number of nitrogens with one attached hydrogen (secondary N) is 1. The van der Waals surface area contributed by atoms with Gasteiger partial charge in [-0.25, -0.2) is 9.37 Å². The summed E-state index contributed by atoms with van der Waals surface area (Å²) in [5, 5.41) is 15.0. The minimum Gasteiger partial charge on any atom is -0.493 e. The maximum Gasteiger partial charge on any atom is 0.163 e. The van der Waals surface area contributed by atoms with Gasteiger partial charge in [-0.15, -0.1) is 0 Å². The number of carbonyl (C=O) groups excluding carboxylic acids is 1. The molecule has 2 aromatic carbocycles. The van der Waals surface area contributed by atoms with Crippen molar-refractivity contribution in [3.8, 4) is 22.8 Å². The molecule has 1 heterocycles. The zero-order chi connectivity index (χ0) is 29.1. The second-order valence-corrected chi connectivity index (χ2v) is 11.4. The van der Waals surface area contributed by atoms with Crippen molar-refractivity contribution in [3.05, 3.63) is 76.2 Å². The summed E-state index contributed by atoms with van der Waals surface area (Å²) in [6, 6.07) is 13.3. The summed E-state index contributed by atoms with van der Waals surface area (Å²) in [6.07, 6.45) is 2.46.